The van der Waals surface area contributed by atoms with Crippen molar-refractivity contribution in [3.63, 3.8) is 0 Å². The lowest BCUT2D eigenvalue weighted by atomic mass is 9.90. The zero-order valence-electron chi connectivity index (χ0n) is 8.99. The van der Waals surface area contributed by atoms with Crippen LogP contribution >= 0.6 is 11.3 Å². The van der Waals surface area contributed by atoms with Gasteiger partial charge in [-0.3, -0.25) is 0 Å². The summed E-state index contributed by atoms with van der Waals surface area (Å²) in [5, 5.41) is 11.1. The Balaban J connectivity index is 2.07. The zero-order valence-corrected chi connectivity index (χ0v) is 9.81. The molecule has 0 bridgehead atoms. The van der Waals surface area contributed by atoms with Gasteiger partial charge in [0.15, 0.2) is 0 Å². The summed E-state index contributed by atoms with van der Waals surface area (Å²) >= 11 is 1.83. The highest BCUT2D eigenvalue weighted by Gasteiger charge is 2.20. The first-order chi connectivity index (χ1) is 6.77. The van der Waals surface area contributed by atoms with Crippen LogP contribution in [0.3, 0.4) is 0 Å². The smallest absolute Gasteiger partial charge is 0.120 e. The van der Waals surface area contributed by atoms with E-state index < -0.39 is 0 Å². The third-order valence-corrected chi connectivity index (χ3v) is 4.29. The van der Waals surface area contributed by atoms with Crippen LogP contribution in [0.4, 0.5) is 0 Å². The van der Waals surface area contributed by atoms with E-state index in [-0.39, 0.29) is 0 Å². The van der Waals surface area contributed by atoms with Gasteiger partial charge < -0.3 is 0 Å². The molecule has 78 valence electrons. The summed E-state index contributed by atoms with van der Waals surface area (Å²) in [7, 11) is 0. The Morgan fingerprint density at radius 3 is 2.43 bits per heavy atom. The van der Waals surface area contributed by atoms with E-state index in [1.54, 1.807) is 0 Å². The Bertz CT molecular complexity index is 287. The van der Waals surface area contributed by atoms with Crippen LogP contribution in [0.5, 0.6) is 0 Å². The summed E-state index contributed by atoms with van der Waals surface area (Å²) in [6.45, 7) is 4.37. The highest BCUT2D eigenvalue weighted by Crippen LogP contribution is 2.35. The van der Waals surface area contributed by atoms with Gasteiger partial charge in [-0.05, 0) is 12.8 Å². The molecule has 1 aliphatic carbocycles. The second-order valence-corrected chi connectivity index (χ2v) is 5.51. The number of nitrogens with zero attached hydrogens (tertiary/aromatic N) is 2. The Morgan fingerprint density at radius 1 is 1.14 bits per heavy atom. The minimum Gasteiger partial charge on any atom is -0.143 e. The second kappa shape index (κ2) is 4.39. The first-order valence-corrected chi connectivity index (χ1v) is 6.42. The lowest BCUT2D eigenvalue weighted by molar-refractivity contribution is 0.440. The molecule has 3 heteroatoms. The zero-order chi connectivity index (χ0) is 9.97. The quantitative estimate of drug-likeness (QED) is 0.743. The highest BCUT2D eigenvalue weighted by molar-refractivity contribution is 7.11. The molecule has 0 saturated heterocycles. The molecular weight excluding hydrogens is 192 g/mol. The van der Waals surface area contributed by atoms with Gasteiger partial charge in [-0.15, -0.1) is 21.5 Å². The van der Waals surface area contributed by atoms with Crippen LogP contribution in [0.25, 0.3) is 0 Å². The fraction of sp³-hybridized carbons (Fsp3) is 0.818. The number of hydrogen-bond donors (Lipinski definition) is 0. The fourth-order valence-corrected chi connectivity index (χ4v) is 3.01. The summed E-state index contributed by atoms with van der Waals surface area (Å²) in [4.78, 5) is 0. The molecule has 1 fully saturated rings. The van der Waals surface area contributed by atoms with Crippen LogP contribution in [0.2, 0.25) is 0 Å². The Morgan fingerprint density at radius 2 is 1.86 bits per heavy atom. The van der Waals surface area contributed by atoms with Gasteiger partial charge in [-0.2, -0.15) is 0 Å². The molecule has 0 amide bonds. The van der Waals surface area contributed by atoms with Crippen molar-refractivity contribution in [2.75, 3.05) is 0 Å². The average Bonchev–Trinajstić information content (AvgIpc) is 2.68. The molecule has 1 heterocycles. The topological polar surface area (TPSA) is 25.8 Å². The maximum atomic E-state index is 4.33. The van der Waals surface area contributed by atoms with Crippen molar-refractivity contribution in [3.8, 4) is 0 Å². The minimum absolute atomic E-state index is 0.532. The summed E-state index contributed by atoms with van der Waals surface area (Å²) in [6, 6.07) is 0. The monoisotopic (exact) mass is 210 g/mol. The van der Waals surface area contributed by atoms with E-state index in [1.807, 2.05) is 11.3 Å². The number of rotatable bonds is 2. The van der Waals surface area contributed by atoms with Crippen LogP contribution in [0.1, 0.15) is 67.8 Å². The lowest BCUT2D eigenvalue weighted by Gasteiger charge is -2.18. The van der Waals surface area contributed by atoms with Gasteiger partial charge in [-0.1, -0.05) is 33.1 Å². The first-order valence-electron chi connectivity index (χ1n) is 5.60. The van der Waals surface area contributed by atoms with Crippen molar-refractivity contribution in [1.82, 2.24) is 10.2 Å². The first kappa shape index (κ1) is 10.1. The molecule has 2 nitrogen and oxygen atoms in total. The molecule has 0 aromatic carbocycles. The summed E-state index contributed by atoms with van der Waals surface area (Å²) < 4.78 is 0. The standard InChI is InChI=1S/C11H18N2S/c1-8(2)10-12-13-11(14-10)9-6-4-3-5-7-9/h8-9H,3-7H2,1-2H3. The van der Waals surface area contributed by atoms with Crippen LogP contribution in [0, 0.1) is 0 Å². The predicted molar refractivity (Wildman–Crippen MR) is 59.8 cm³/mol. The van der Waals surface area contributed by atoms with E-state index in [9.17, 15) is 0 Å². The van der Waals surface area contributed by atoms with Crippen molar-refractivity contribution in [2.45, 2.75) is 57.8 Å². The van der Waals surface area contributed by atoms with Crippen molar-refractivity contribution < 1.29 is 0 Å². The van der Waals surface area contributed by atoms with Gasteiger partial charge in [0, 0.05) is 11.8 Å². The summed E-state index contributed by atoms with van der Waals surface area (Å²) in [5.41, 5.74) is 0. The van der Waals surface area contributed by atoms with Gasteiger partial charge in [-0.25, -0.2) is 0 Å². The summed E-state index contributed by atoms with van der Waals surface area (Å²) in [5.74, 6) is 1.25. The molecule has 1 aliphatic rings. The van der Waals surface area contributed by atoms with Crippen molar-refractivity contribution in [1.29, 1.82) is 0 Å². The molecule has 0 N–H and O–H groups in total. The molecule has 2 rings (SSSR count). The lowest BCUT2D eigenvalue weighted by Crippen LogP contribution is -2.03. The molecule has 0 spiro atoms. The maximum Gasteiger partial charge on any atom is 0.120 e. The highest BCUT2D eigenvalue weighted by atomic mass is 32.1. The largest absolute Gasteiger partial charge is 0.143 e. The molecule has 14 heavy (non-hydrogen) atoms. The average molecular weight is 210 g/mol. The normalized spacial score (nSPS) is 19.1. The predicted octanol–water partition coefficient (Wildman–Crippen LogP) is 3.71. The van der Waals surface area contributed by atoms with Crippen LogP contribution in [-0.4, -0.2) is 10.2 Å². The van der Waals surface area contributed by atoms with Crippen LogP contribution in [-0.2, 0) is 0 Å². The molecule has 0 aliphatic heterocycles. The molecule has 1 aromatic rings. The van der Waals surface area contributed by atoms with Gasteiger partial charge in [0.25, 0.3) is 0 Å². The van der Waals surface area contributed by atoms with Crippen LogP contribution < -0.4 is 0 Å². The third kappa shape index (κ3) is 2.14. The van der Waals surface area contributed by atoms with E-state index in [0.29, 0.717) is 11.8 Å². The van der Waals surface area contributed by atoms with Crippen LogP contribution in [0.15, 0.2) is 0 Å². The molecule has 0 radical (unpaired) electrons. The number of aromatic nitrogens is 2. The molecule has 1 saturated carbocycles. The van der Waals surface area contributed by atoms with E-state index in [2.05, 4.69) is 24.0 Å². The van der Waals surface area contributed by atoms with Crippen molar-refractivity contribution >= 4 is 11.3 Å². The third-order valence-electron chi connectivity index (χ3n) is 2.90. The van der Waals surface area contributed by atoms with Crippen molar-refractivity contribution in [3.05, 3.63) is 10.0 Å². The van der Waals surface area contributed by atoms with Gasteiger partial charge >= 0.3 is 0 Å². The fourth-order valence-electron chi connectivity index (χ4n) is 1.99. The second-order valence-electron chi connectivity index (χ2n) is 4.47. The minimum atomic E-state index is 0.532. The maximum absolute atomic E-state index is 4.33. The Labute approximate surface area is 89.8 Å². The SMILES string of the molecule is CC(C)c1nnc(C2CCCCC2)s1. The van der Waals surface area contributed by atoms with E-state index in [4.69, 9.17) is 0 Å². The molecule has 0 atom stereocenters. The molecule has 1 aromatic heterocycles. The Hall–Kier alpha value is -0.440. The molecular formula is C11H18N2S. The van der Waals surface area contributed by atoms with Gasteiger partial charge in [0.05, 0.1) is 0 Å². The summed E-state index contributed by atoms with van der Waals surface area (Å²) in [6.07, 6.45) is 6.81. The van der Waals surface area contributed by atoms with E-state index in [1.165, 1.54) is 42.1 Å². The van der Waals surface area contributed by atoms with E-state index in [0.717, 1.165) is 0 Å². The van der Waals surface area contributed by atoms with Gasteiger partial charge in [0.2, 0.25) is 0 Å². The molecule has 0 unspecified atom stereocenters. The van der Waals surface area contributed by atoms with E-state index >= 15 is 0 Å². The van der Waals surface area contributed by atoms with Gasteiger partial charge in [0.1, 0.15) is 10.0 Å². The number of hydrogen-bond acceptors (Lipinski definition) is 3. The Kier molecular flexibility index (Phi) is 3.16. The van der Waals surface area contributed by atoms with Crippen molar-refractivity contribution in [2.24, 2.45) is 0 Å².